The number of aryl methyl sites for hydroxylation is 1. The predicted molar refractivity (Wildman–Crippen MR) is 75.0 cm³/mol. The number of ether oxygens (including phenoxy) is 1. The third-order valence-electron chi connectivity index (χ3n) is 2.77. The Balaban J connectivity index is 2.51. The standard InChI is InChI=1S/C14H24N2O2/c1-13-3-5-14(6-4-13)16(8-2-7-15)9-11-18-12-10-17/h3-6,17H,2,7-12,15H2,1H3. The molecule has 4 heteroatoms. The Morgan fingerprint density at radius 2 is 1.89 bits per heavy atom. The summed E-state index contributed by atoms with van der Waals surface area (Å²) in [6, 6.07) is 8.47. The molecule has 0 aliphatic heterocycles. The minimum atomic E-state index is 0.0767. The highest BCUT2D eigenvalue weighted by Crippen LogP contribution is 2.15. The number of aliphatic hydroxyl groups excluding tert-OH is 1. The van der Waals surface area contributed by atoms with Crippen molar-refractivity contribution in [1.82, 2.24) is 0 Å². The molecule has 0 radical (unpaired) electrons. The summed E-state index contributed by atoms with van der Waals surface area (Å²) in [5.41, 5.74) is 8.02. The fraction of sp³-hybridized carbons (Fsp3) is 0.571. The van der Waals surface area contributed by atoms with Crippen LogP contribution in [0.15, 0.2) is 24.3 Å². The van der Waals surface area contributed by atoms with E-state index >= 15 is 0 Å². The number of anilines is 1. The van der Waals surface area contributed by atoms with Crippen molar-refractivity contribution in [3.05, 3.63) is 29.8 Å². The van der Waals surface area contributed by atoms with Crippen molar-refractivity contribution in [3.63, 3.8) is 0 Å². The molecule has 0 saturated heterocycles. The zero-order valence-electron chi connectivity index (χ0n) is 11.1. The van der Waals surface area contributed by atoms with Crippen molar-refractivity contribution < 1.29 is 9.84 Å². The molecule has 1 rings (SSSR count). The monoisotopic (exact) mass is 252 g/mol. The first-order valence-corrected chi connectivity index (χ1v) is 6.48. The van der Waals surface area contributed by atoms with Gasteiger partial charge in [0, 0.05) is 18.8 Å². The van der Waals surface area contributed by atoms with E-state index in [1.807, 2.05) is 0 Å². The van der Waals surface area contributed by atoms with Gasteiger partial charge < -0.3 is 20.5 Å². The largest absolute Gasteiger partial charge is 0.394 e. The molecule has 1 aromatic rings. The third kappa shape index (κ3) is 5.49. The van der Waals surface area contributed by atoms with Crippen LogP contribution in [0.25, 0.3) is 0 Å². The van der Waals surface area contributed by atoms with Crippen LogP contribution in [-0.4, -0.2) is 44.6 Å². The Bertz CT molecular complexity index is 314. The van der Waals surface area contributed by atoms with Crippen LogP contribution in [0.4, 0.5) is 5.69 Å². The molecule has 0 fully saturated rings. The van der Waals surface area contributed by atoms with Crippen molar-refractivity contribution in [2.24, 2.45) is 5.73 Å². The number of nitrogens with two attached hydrogens (primary N) is 1. The first-order chi connectivity index (χ1) is 8.77. The maximum absolute atomic E-state index is 8.67. The second-order valence-electron chi connectivity index (χ2n) is 4.30. The normalized spacial score (nSPS) is 10.6. The van der Waals surface area contributed by atoms with E-state index in [0.29, 0.717) is 19.8 Å². The molecule has 0 heterocycles. The lowest BCUT2D eigenvalue weighted by atomic mass is 10.2. The van der Waals surface area contributed by atoms with E-state index in [1.165, 1.54) is 11.3 Å². The molecule has 0 saturated carbocycles. The van der Waals surface area contributed by atoms with Gasteiger partial charge in [0.15, 0.2) is 0 Å². The summed E-state index contributed by atoms with van der Waals surface area (Å²) in [5, 5.41) is 8.67. The van der Waals surface area contributed by atoms with Gasteiger partial charge >= 0.3 is 0 Å². The van der Waals surface area contributed by atoms with Crippen LogP contribution in [0.1, 0.15) is 12.0 Å². The fourth-order valence-electron chi connectivity index (χ4n) is 1.75. The van der Waals surface area contributed by atoms with Gasteiger partial charge in [-0.3, -0.25) is 0 Å². The van der Waals surface area contributed by atoms with Crippen LogP contribution in [0, 0.1) is 6.92 Å². The lowest BCUT2D eigenvalue weighted by Gasteiger charge is -2.24. The molecule has 0 aliphatic rings. The summed E-state index contributed by atoms with van der Waals surface area (Å²) < 4.78 is 5.32. The van der Waals surface area contributed by atoms with Crippen LogP contribution in [0.5, 0.6) is 0 Å². The molecule has 1 aromatic carbocycles. The van der Waals surface area contributed by atoms with Crippen LogP contribution in [0.3, 0.4) is 0 Å². The van der Waals surface area contributed by atoms with Gasteiger partial charge in [0.25, 0.3) is 0 Å². The van der Waals surface area contributed by atoms with Gasteiger partial charge in [0.2, 0.25) is 0 Å². The van der Waals surface area contributed by atoms with Crippen LogP contribution in [-0.2, 0) is 4.74 Å². The van der Waals surface area contributed by atoms with E-state index in [-0.39, 0.29) is 6.61 Å². The Morgan fingerprint density at radius 3 is 2.50 bits per heavy atom. The smallest absolute Gasteiger partial charge is 0.0698 e. The van der Waals surface area contributed by atoms with Gasteiger partial charge in [-0.2, -0.15) is 0 Å². The molecular formula is C14H24N2O2. The third-order valence-corrected chi connectivity index (χ3v) is 2.77. The molecule has 102 valence electrons. The number of benzene rings is 1. The Kier molecular flexibility index (Phi) is 7.41. The number of hydrogen-bond acceptors (Lipinski definition) is 4. The Hall–Kier alpha value is -1.10. The first kappa shape index (κ1) is 15.0. The van der Waals surface area contributed by atoms with Crippen molar-refractivity contribution in [2.75, 3.05) is 44.4 Å². The van der Waals surface area contributed by atoms with Crippen LogP contribution < -0.4 is 10.6 Å². The quantitative estimate of drug-likeness (QED) is 0.648. The second kappa shape index (κ2) is 8.91. The van der Waals surface area contributed by atoms with Crippen LogP contribution in [0.2, 0.25) is 0 Å². The van der Waals surface area contributed by atoms with Gasteiger partial charge in [-0.25, -0.2) is 0 Å². The van der Waals surface area contributed by atoms with E-state index in [0.717, 1.165) is 19.5 Å². The van der Waals surface area contributed by atoms with Gasteiger partial charge in [0.05, 0.1) is 19.8 Å². The number of nitrogens with zero attached hydrogens (tertiary/aromatic N) is 1. The van der Waals surface area contributed by atoms with Crippen LogP contribution >= 0.6 is 0 Å². The molecule has 3 N–H and O–H groups in total. The lowest BCUT2D eigenvalue weighted by Crippen LogP contribution is -2.30. The van der Waals surface area contributed by atoms with E-state index < -0.39 is 0 Å². The highest BCUT2D eigenvalue weighted by molar-refractivity contribution is 5.47. The molecule has 18 heavy (non-hydrogen) atoms. The van der Waals surface area contributed by atoms with E-state index in [9.17, 15) is 0 Å². The zero-order valence-corrected chi connectivity index (χ0v) is 11.1. The molecule has 0 bridgehead atoms. The molecule has 0 spiro atoms. The van der Waals surface area contributed by atoms with Gasteiger partial charge in [-0.15, -0.1) is 0 Å². The summed E-state index contributed by atoms with van der Waals surface area (Å²) in [5.74, 6) is 0. The van der Waals surface area contributed by atoms with E-state index in [4.69, 9.17) is 15.6 Å². The first-order valence-electron chi connectivity index (χ1n) is 6.48. The minimum absolute atomic E-state index is 0.0767. The average Bonchev–Trinajstić information content (AvgIpc) is 2.39. The van der Waals surface area contributed by atoms with Gasteiger partial charge in [-0.05, 0) is 32.0 Å². The summed E-state index contributed by atoms with van der Waals surface area (Å²) in [6.07, 6.45) is 0.966. The predicted octanol–water partition coefficient (Wildman–Crippen LogP) is 1.16. The van der Waals surface area contributed by atoms with E-state index in [1.54, 1.807) is 0 Å². The van der Waals surface area contributed by atoms with Gasteiger partial charge in [0.1, 0.15) is 0 Å². The highest BCUT2D eigenvalue weighted by atomic mass is 16.5. The number of aliphatic hydroxyl groups is 1. The average molecular weight is 252 g/mol. The maximum atomic E-state index is 8.67. The minimum Gasteiger partial charge on any atom is -0.394 e. The summed E-state index contributed by atoms with van der Waals surface area (Å²) >= 11 is 0. The van der Waals surface area contributed by atoms with E-state index in [2.05, 4.69) is 36.1 Å². The van der Waals surface area contributed by atoms with Crippen molar-refractivity contribution in [3.8, 4) is 0 Å². The maximum Gasteiger partial charge on any atom is 0.0698 e. The fourth-order valence-corrected chi connectivity index (χ4v) is 1.75. The molecule has 0 aromatic heterocycles. The molecule has 0 aliphatic carbocycles. The highest BCUT2D eigenvalue weighted by Gasteiger charge is 2.05. The second-order valence-corrected chi connectivity index (χ2v) is 4.30. The van der Waals surface area contributed by atoms with Gasteiger partial charge in [-0.1, -0.05) is 17.7 Å². The summed E-state index contributed by atoms with van der Waals surface area (Å²) in [4.78, 5) is 2.27. The molecule has 0 amide bonds. The SMILES string of the molecule is Cc1ccc(N(CCCN)CCOCCO)cc1. The molecule has 0 atom stereocenters. The molecule has 0 unspecified atom stereocenters. The lowest BCUT2D eigenvalue weighted by molar-refractivity contribution is 0.0966. The number of rotatable bonds is 9. The topological polar surface area (TPSA) is 58.7 Å². The Morgan fingerprint density at radius 1 is 1.17 bits per heavy atom. The number of hydrogen-bond donors (Lipinski definition) is 2. The van der Waals surface area contributed by atoms with Crippen molar-refractivity contribution >= 4 is 5.69 Å². The zero-order chi connectivity index (χ0) is 13.2. The summed E-state index contributed by atoms with van der Waals surface area (Å²) in [6.45, 7) is 5.63. The molecular weight excluding hydrogens is 228 g/mol. The molecule has 4 nitrogen and oxygen atoms in total. The van der Waals surface area contributed by atoms with Crippen molar-refractivity contribution in [1.29, 1.82) is 0 Å². The Labute approximate surface area is 109 Å². The van der Waals surface area contributed by atoms with Crippen molar-refractivity contribution in [2.45, 2.75) is 13.3 Å². The summed E-state index contributed by atoms with van der Waals surface area (Å²) in [7, 11) is 0.